The largest absolute Gasteiger partial charge is 0.508 e. The molecular formula is C24H22FNO4. The highest BCUT2D eigenvalue weighted by atomic mass is 19.1. The van der Waals surface area contributed by atoms with E-state index in [1.165, 1.54) is 29.2 Å². The van der Waals surface area contributed by atoms with E-state index in [2.05, 4.69) is 0 Å². The van der Waals surface area contributed by atoms with Crippen LogP contribution < -0.4 is 4.90 Å². The second-order valence-electron chi connectivity index (χ2n) is 7.30. The number of anilines is 1. The summed E-state index contributed by atoms with van der Waals surface area (Å²) in [7, 11) is 0. The molecule has 154 valence electrons. The standard InChI is InChI=1S/C24H22FNO4/c25-19-8-4-5-9-20(19)26-22(17-11-13-18(27)14-12-17)23(30-24(26)29)21(28)15-10-16-6-2-1-3-7-16/h1-9,11-14,21-23,27-28H,10,15H2/t21-,22-,23-/m1/s1. The minimum atomic E-state index is -0.954. The minimum Gasteiger partial charge on any atom is -0.508 e. The average molecular weight is 407 g/mol. The summed E-state index contributed by atoms with van der Waals surface area (Å²) >= 11 is 0. The third-order valence-electron chi connectivity index (χ3n) is 5.32. The molecule has 3 aromatic carbocycles. The lowest BCUT2D eigenvalue weighted by Gasteiger charge is -2.27. The Morgan fingerprint density at radius 2 is 1.63 bits per heavy atom. The van der Waals surface area contributed by atoms with Gasteiger partial charge in [0.2, 0.25) is 0 Å². The average Bonchev–Trinajstić information content (AvgIpc) is 3.10. The van der Waals surface area contributed by atoms with Crippen LogP contribution in [0.15, 0.2) is 78.9 Å². The summed E-state index contributed by atoms with van der Waals surface area (Å²) in [6, 6.07) is 21.2. The Labute approximate surface area is 174 Å². The molecule has 1 heterocycles. The number of halogens is 1. The van der Waals surface area contributed by atoms with Crippen LogP contribution in [0, 0.1) is 5.82 Å². The Morgan fingerprint density at radius 1 is 0.967 bits per heavy atom. The highest BCUT2D eigenvalue weighted by molar-refractivity contribution is 5.91. The van der Waals surface area contributed by atoms with E-state index in [4.69, 9.17) is 4.74 Å². The van der Waals surface area contributed by atoms with Gasteiger partial charge in [-0.1, -0.05) is 54.6 Å². The van der Waals surface area contributed by atoms with E-state index in [9.17, 15) is 19.4 Å². The molecule has 5 nitrogen and oxygen atoms in total. The van der Waals surface area contributed by atoms with Crippen LogP contribution in [0.3, 0.4) is 0 Å². The van der Waals surface area contributed by atoms with E-state index in [1.54, 1.807) is 24.3 Å². The lowest BCUT2D eigenvalue weighted by atomic mass is 9.93. The number of aromatic hydroxyl groups is 1. The predicted octanol–water partition coefficient (Wildman–Crippen LogP) is 4.59. The fourth-order valence-corrected chi connectivity index (χ4v) is 3.82. The molecule has 0 aromatic heterocycles. The summed E-state index contributed by atoms with van der Waals surface area (Å²) in [6.07, 6.45) is -1.57. The molecule has 0 aliphatic carbocycles. The van der Waals surface area contributed by atoms with Gasteiger partial charge in [0.05, 0.1) is 11.8 Å². The van der Waals surface area contributed by atoms with Crippen molar-refractivity contribution in [3.05, 3.63) is 95.8 Å². The van der Waals surface area contributed by atoms with Crippen molar-refractivity contribution >= 4 is 11.8 Å². The van der Waals surface area contributed by atoms with Gasteiger partial charge in [-0.15, -0.1) is 0 Å². The van der Waals surface area contributed by atoms with Gasteiger partial charge >= 0.3 is 6.09 Å². The number of nitrogens with zero attached hydrogens (tertiary/aromatic N) is 1. The molecule has 3 atom stereocenters. The molecular weight excluding hydrogens is 385 g/mol. The number of phenolic OH excluding ortho intramolecular Hbond substituents is 1. The Bertz CT molecular complexity index is 1010. The lowest BCUT2D eigenvalue weighted by molar-refractivity contribution is 0.0146. The second kappa shape index (κ2) is 8.55. The molecule has 6 heteroatoms. The van der Waals surface area contributed by atoms with Crippen LogP contribution in [0.1, 0.15) is 23.6 Å². The molecule has 3 aromatic rings. The van der Waals surface area contributed by atoms with Gasteiger partial charge in [-0.3, -0.25) is 4.90 Å². The Morgan fingerprint density at radius 3 is 2.33 bits per heavy atom. The number of cyclic esters (lactones) is 1. The van der Waals surface area contributed by atoms with Gasteiger partial charge in [0.15, 0.2) is 6.10 Å². The van der Waals surface area contributed by atoms with Crippen molar-refractivity contribution in [1.29, 1.82) is 0 Å². The fourth-order valence-electron chi connectivity index (χ4n) is 3.82. The van der Waals surface area contributed by atoms with E-state index in [0.29, 0.717) is 18.4 Å². The number of carbonyl (C=O) groups excluding carboxylic acids is 1. The maximum absolute atomic E-state index is 14.5. The Hall–Kier alpha value is -3.38. The Kier molecular flexibility index (Phi) is 5.68. The number of rotatable bonds is 6. The molecule has 1 saturated heterocycles. The quantitative estimate of drug-likeness (QED) is 0.627. The zero-order chi connectivity index (χ0) is 21.1. The van der Waals surface area contributed by atoms with Crippen molar-refractivity contribution < 1.29 is 24.1 Å². The first-order chi connectivity index (χ1) is 14.5. The van der Waals surface area contributed by atoms with E-state index < -0.39 is 30.2 Å². The number of aliphatic hydroxyl groups is 1. The zero-order valence-electron chi connectivity index (χ0n) is 16.2. The molecule has 0 radical (unpaired) electrons. The summed E-state index contributed by atoms with van der Waals surface area (Å²) in [6.45, 7) is 0. The molecule has 0 bridgehead atoms. The molecule has 1 amide bonds. The van der Waals surface area contributed by atoms with Crippen LogP contribution in [0.25, 0.3) is 0 Å². The first-order valence-corrected chi connectivity index (χ1v) is 9.80. The number of ether oxygens (including phenoxy) is 1. The molecule has 1 aliphatic heterocycles. The number of aliphatic hydroxyl groups excluding tert-OH is 1. The fraction of sp³-hybridized carbons (Fsp3) is 0.208. The van der Waals surface area contributed by atoms with Crippen LogP contribution in [-0.2, 0) is 11.2 Å². The summed E-state index contributed by atoms with van der Waals surface area (Å²) in [5.74, 6) is -0.486. The molecule has 1 aliphatic rings. The van der Waals surface area contributed by atoms with Crippen LogP contribution in [0.5, 0.6) is 5.75 Å². The molecule has 0 spiro atoms. The number of hydrogen-bond acceptors (Lipinski definition) is 4. The summed E-state index contributed by atoms with van der Waals surface area (Å²) in [5, 5.41) is 20.5. The molecule has 0 saturated carbocycles. The van der Waals surface area contributed by atoms with Gasteiger partial charge in [-0.25, -0.2) is 9.18 Å². The van der Waals surface area contributed by atoms with Gasteiger partial charge < -0.3 is 14.9 Å². The van der Waals surface area contributed by atoms with Crippen LogP contribution in [-0.4, -0.2) is 28.5 Å². The van der Waals surface area contributed by atoms with Gasteiger partial charge in [-0.2, -0.15) is 0 Å². The summed E-state index contributed by atoms with van der Waals surface area (Å²) in [5.41, 5.74) is 1.78. The molecule has 30 heavy (non-hydrogen) atoms. The maximum atomic E-state index is 14.5. The zero-order valence-corrected chi connectivity index (χ0v) is 16.2. The SMILES string of the molecule is O=C1O[C@H]([C@H](O)CCc2ccccc2)[C@@H](c2ccc(O)cc2)N1c1ccccc1F. The van der Waals surface area contributed by atoms with Crippen molar-refractivity contribution in [1.82, 2.24) is 0 Å². The van der Waals surface area contributed by atoms with Crippen LogP contribution >= 0.6 is 0 Å². The Balaban J connectivity index is 1.65. The van der Waals surface area contributed by atoms with Gasteiger partial charge in [0.25, 0.3) is 0 Å². The monoisotopic (exact) mass is 407 g/mol. The lowest BCUT2D eigenvalue weighted by Crippen LogP contribution is -2.35. The smallest absolute Gasteiger partial charge is 0.415 e. The number of phenols is 1. The third-order valence-corrected chi connectivity index (χ3v) is 5.32. The first kappa shape index (κ1) is 19.9. The molecule has 2 N–H and O–H groups in total. The molecule has 0 unspecified atom stereocenters. The van der Waals surface area contributed by atoms with Crippen molar-refractivity contribution in [3.8, 4) is 5.75 Å². The number of para-hydroxylation sites is 1. The van der Waals surface area contributed by atoms with Gasteiger partial charge in [0, 0.05) is 0 Å². The second-order valence-corrected chi connectivity index (χ2v) is 7.30. The number of carbonyl (C=O) groups is 1. The number of amides is 1. The first-order valence-electron chi connectivity index (χ1n) is 9.80. The van der Waals surface area contributed by atoms with Crippen molar-refractivity contribution in [3.63, 3.8) is 0 Å². The maximum Gasteiger partial charge on any atom is 0.415 e. The third kappa shape index (κ3) is 4.00. The van der Waals surface area contributed by atoms with Gasteiger partial charge in [0.1, 0.15) is 17.6 Å². The normalized spacial score (nSPS) is 19.5. The highest BCUT2D eigenvalue weighted by Gasteiger charge is 2.47. The number of benzene rings is 3. The van der Waals surface area contributed by atoms with E-state index in [-0.39, 0.29) is 11.4 Å². The number of aryl methyl sites for hydroxylation is 1. The highest BCUT2D eigenvalue weighted by Crippen LogP contribution is 2.40. The minimum absolute atomic E-state index is 0.0719. The summed E-state index contributed by atoms with van der Waals surface area (Å²) in [4.78, 5) is 14.0. The topological polar surface area (TPSA) is 70.0 Å². The van der Waals surface area contributed by atoms with E-state index >= 15 is 0 Å². The van der Waals surface area contributed by atoms with Crippen LogP contribution in [0.4, 0.5) is 14.9 Å². The van der Waals surface area contributed by atoms with E-state index in [1.807, 2.05) is 30.3 Å². The van der Waals surface area contributed by atoms with Crippen LogP contribution in [0.2, 0.25) is 0 Å². The van der Waals surface area contributed by atoms with Gasteiger partial charge in [-0.05, 0) is 48.2 Å². The molecule has 4 rings (SSSR count). The van der Waals surface area contributed by atoms with Crippen molar-refractivity contribution in [2.45, 2.75) is 31.1 Å². The van der Waals surface area contributed by atoms with E-state index in [0.717, 1.165) is 5.56 Å². The molecule has 1 fully saturated rings. The summed E-state index contributed by atoms with van der Waals surface area (Å²) < 4.78 is 20.1. The predicted molar refractivity (Wildman–Crippen MR) is 111 cm³/mol. The van der Waals surface area contributed by atoms with Crippen molar-refractivity contribution in [2.75, 3.05) is 4.90 Å². The number of hydrogen-bond donors (Lipinski definition) is 2. The van der Waals surface area contributed by atoms with Crippen molar-refractivity contribution in [2.24, 2.45) is 0 Å².